The molecule has 0 radical (unpaired) electrons. The molecule has 12 aromatic carbocycles. The Morgan fingerprint density at radius 3 is 1.41 bits per heavy atom. The van der Waals surface area contributed by atoms with Crippen molar-refractivity contribution in [1.82, 2.24) is 4.57 Å². The quantitative estimate of drug-likeness (QED) is 0.142. The van der Waals surface area contributed by atoms with Gasteiger partial charge in [0.15, 0.2) is 0 Å². The number of nitriles is 1. The number of hydrogen-bond donors (Lipinski definition) is 0. The van der Waals surface area contributed by atoms with Gasteiger partial charge in [0, 0.05) is 43.3 Å². The Balaban J connectivity index is 1.12. The molecule has 1 aromatic heterocycles. The van der Waals surface area contributed by atoms with Crippen LogP contribution in [0.25, 0.3) is 83.1 Å². The molecule has 3 heterocycles. The number of nitrogens with zero attached hydrogens (tertiary/aromatic N) is 4. The minimum Gasteiger partial charge on any atom is -0.311 e. The normalized spacial score (nSPS) is 15.0. The van der Waals surface area contributed by atoms with Crippen molar-refractivity contribution in [2.75, 3.05) is 9.80 Å². The Kier molecular flexibility index (Phi) is 9.70. The van der Waals surface area contributed by atoms with Crippen LogP contribution >= 0.6 is 0 Å². The maximum Gasteiger partial charge on any atom is 0.252 e. The van der Waals surface area contributed by atoms with E-state index in [-0.39, 0.29) is 51.7 Å². The second kappa shape index (κ2) is 20.7. The first-order chi connectivity index (χ1) is 47.6. The zero-order valence-corrected chi connectivity index (χ0v) is 49.0. The third-order valence-corrected chi connectivity index (χ3v) is 17.3. The number of aromatic nitrogens is 1. The molecule has 0 N–H and O–H groups in total. The lowest BCUT2D eigenvalue weighted by Gasteiger charge is -2.45. The molecule has 0 amide bonds. The fourth-order valence-corrected chi connectivity index (χ4v) is 13.0. The highest BCUT2D eigenvalue weighted by Crippen LogP contribution is 2.50. The molecule has 2 aliphatic rings. The van der Waals surface area contributed by atoms with E-state index in [1.807, 2.05) is 121 Å². The highest BCUT2D eigenvalue weighted by Gasteiger charge is 2.45. The largest absolute Gasteiger partial charge is 0.311 e. The van der Waals surface area contributed by atoms with Gasteiger partial charge in [0.25, 0.3) is 6.71 Å². The Morgan fingerprint density at radius 1 is 0.391 bits per heavy atom. The molecular formula is C82H65BN4. The Bertz CT molecular complexity index is 5520. The molecule has 0 saturated carbocycles. The van der Waals surface area contributed by atoms with Gasteiger partial charge in [0.2, 0.25) is 0 Å². The number of rotatable bonds is 8. The zero-order valence-electron chi connectivity index (χ0n) is 62.0. The minimum atomic E-state index is -2.36. The van der Waals surface area contributed by atoms with Crippen molar-refractivity contribution in [3.8, 4) is 67.4 Å². The lowest BCUT2D eigenvalue weighted by atomic mass is 9.33. The average molecular weight is 1130 g/mol. The van der Waals surface area contributed by atoms with E-state index in [4.69, 9.17) is 12.3 Å². The molecule has 416 valence electrons. The fourth-order valence-electron chi connectivity index (χ4n) is 13.0. The second-order valence-electron chi connectivity index (χ2n) is 24.7. The van der Waals surface area contributed by atoms with Crippen LogP contribution in [0.5, 0.6) is 0 Å². The van der Waals surface area contributed by atoms with Gasteiger partial charge in [-0.3, -0.25) is 0 Å². The van der Waals surface area contributed by atoms with Crippen LogP contribution in [0.1, 0.15) is 81.6 Å². The summed E-state index contributed by atoms with van der Waals surface area (Å²) < 4.78 is 118. The highest BCUT2D eigenvalue weighted by molar-refractivity contribution is 7.00. The monoisotopic (exact) mass is 1130 g/mol. The maximum atomic E-state index is 12.2. The molecule has 0 fully saturated rings. The van der Waals surface area contributed by atoms with Gasteiger partial charge in [-0.1, -0.05) is 247 Å². The standard InChI is InChI=1S/C82H65BN4/c1-53-34-36-57(37-35-53)61-42-60(56-26-15-10-16-27-56)45-66(46-61)85-76-47-58(54-22-11-8-12-23-54)38-40-70(76)83-71-41-39-59(55-24-13-9-14-25-55)48-77(71)87(79-50-63(49-78(85)80(79)83)62-43-64(81(2,3)4)51-65(44-62)82(5,6)7)75-33-21-32-74(69(75)52-84)86-72-30-19-17-28-67(72)68-29-18-20-31-73(68)86/h8-51H,1-7H3/i1D3,8D,9D,11D,12D,13D,14D,22D,23D,24D,25D. The van der Waals surface area contributed by atoms with E-state index in [0.29, 0.717) is 56.5 Å². The Hall–Kier alpha value is -10.4. The number of fused-ring (bicyclic) bond motifs is 7. The van der Waals surface area contributed by atoms with Crippen LogP contribution in [0.4, 0.5) is 34.1 Å². The van der Waals surface area contributed by atoms with E-state index in [0.717, 1.165) is 82.7 Å². The molecule has 0 saturated heterocycles. The van der Waals surface area contributed by atoms with E-state index >= 15 is 0 Å². The van der Waals surface area contributed by atoms with Gasteiger partial charge in [-0.05, 0) is 168 Å². The van der Waals surface area contributed by atoms with Crippen LogP contribution < -0.4 is 26.2 Å². The molecule has 15 rings (SSSR count). The van der Waals surface area contributed by atoms with Crippen molar-refractivity contribution in [1.29, 1.82) is 5.26 Å². The van der Waals surface area contributed by atoms with Crippen LogP contribution in [0.2, 0.25) is 0 Å². The first kappa shape index (κ1) is 40.8. The Labute approximate surface area is 529 Å². The third kappa shape index (κ3) is 9.14. The van der Waals surface area contributed by atoms with E-state index in [2.05, 4.69) is 123 Å². The number of benzene rings is 12. The lowest BCUT2D eigenvalue weighted by Crippen LogP contribution is -2.61. The molecule has 0 bridgehead atoms. The zero-order chi connectivity index (χ0) is 70.5. The van der Waals surface area contributed by atoms with Gasteiger partial charge in [-0.2, -0.15) is 5.26 Å². The lowest BCUT2D eigenvalue weighted by molar-refractivity contribution is 0.569. The van der Waals surface area contributed by atoms with Crippen molar-refractivity contribution < 1.29 is 17.8 Å². The van der Waals surface area contributed by atoms with Crippen molar-refractivity contribution in [3.05, 3.63) is 289 Å². The molecule has 5 heteroatoms. The van der Waals surface area contributed by atoms with E-state index < -0.39 is 49.8 Å². The van der Waals surface area contributed by atoms with Gasteiger partial charge in [0.05, 0.1) is 36.1 Å². The minimum absolute atomic E-state index is 0.00130. The van der Waals surface area contributed by atoms with Crippen molar-refractivity contribution in [2.45, 2.75) is 59.2 Å². The van der Waals surface area contributed by atoms with Crippen LogP contribution in [-0.4, -0.2) is 11.3 Å². The number of para-hydroxylation sites is 2. The van der Waals surface area contributed by atoms with Crippen molar-refractivity contribution in [2.24, 2.45) is 0 Å². The summed E-state index contributed by atoms with van der Waals surface area (Å²) in [6.45, 7) is 10.1. The molecule has 0 atom stereocenters. The van der Waals surface area contributed by atoms with Gasteiger partial charge < -0.3 is 14.4 Å². The van der Waals surface area contributed by atoms with E-state index in [1.165, 1.54) is 0 Å². The maximum absolute atomic E-state index is 12.2. The molecular weight excluding hydrogens is 1050 g/mol. The summed E-state index contributed by atoms with van der Waals surface area (Å²) in [5.41, 5.74) is 15.8. The first-order valence-corrected chi connectivity index (χ1v) is 29.3. The van der Waals surface area contributed by atoms with Crippen LogP contribution in [-0.2, 0) is 10.8 Å². The summed E-state index contributed by atoms with van der Waals surface area (Å²) in [6, 6.07) is 65.7. The van der Waals surface area contributed by atoms with E-state index in [1.54, 1.807) is 24.3 Å². The number of anilines is 6. The molecule has 4 nitrogen and oxygen atoms in total. The SMILES string of the molecule is [2H]c1c([2H])c([2H])c(-c2ccc3c(c2)N(c2cc(-c4ccccc4)cc(-c4ccc(C([2H])([2H])[2H])cc4)c2)c2cc(-c4cc(C(C)(C)C)cc(C(C)(C)C)c4)cc4c2B3c2ccc(-c3c([2H])c([2H])c([2H])c([2H])c3[2H])cc2N4c2cccc(-n3c4ccccc4c4ccccc43)c2C#N)c([2H])c1[2H]. The van der Waals surface area contributed by atoms with Crippen molar-refractivity contribution in [3.63, 3.8) is 0 Å². The van der Waals surface area contributed by atoms with Crippen LogP contribution in [0, 0.1) is 18.2 Å². The molecule has 0 aliphatic carbocycles. The molecule has 87 heavy (non-hydrogen) atoms. The fraction of sp³-hybridized carbons (Fsp3) is 0.110. The van der Waals surface area contributed by atoms with E-state index in [9.17, 15) is 10.7 Å². The van der Waals surface area contributed by atoms with Crippen LogP contribution in [0.15, 0.2) is 267 Å². The molecule has 0 unspecified atom stereocenters. The Morgan fingerprint density at radius 2 is 0.862 bits per heavy atom. The van der Waals surface area contributed by atoms with Gasteiger partial charge in [-0.25, -0.2) is 0 Å². The number of aryl methyl sites for hydroxylation is 1. The summed E-state index contributed by atoms with van der Waals surface area (Å²) in [4.78, 5) is 4.28. The molecule has 13 aromatic rings. The second-order valence-corrected chi connectivity index (χ2v) is 24.7. The molecule has 2 aliphatic heterocycles. The smallest absolute Gasteiger partial charge is 0.252 e. The first-order valence-electron chi connectivity index (χ1n) is 35.8. The average Bonchev–Trinajstić information content (AvgIpc) is 0.790. The third-order valence-electron chi connectivity index (χ3n) is 17.3. The number of hydrogen-bond acceptors (Lipinski definition) is 3. The summed E-state index contributed by atoms with van der Waals surface area (Å²) in [6.07, 6.45) is 0. The predicted octanol–water partition coefficient (Wildman–Crippen LogP) is 20.0. The highest BCUT2D eigenvalue weighted by atomic mass is 15.2. The van der Waals surface area contributed by atoms with Gasteiger partial charge in [0.1, 0.15) is 11.6 Å². The predicted molar refractivity (Wildman–Crippen MR) is 369 cm³/mol. The summed E-state index contributed by atoms with van der Waals surface area (Å²) in [7, 11) is 0. The molecule has 0 spiro atoms. The summed E-state index contributed by atoms with van der Waals surface area (Å²) in [5.74, 6) is 0. The summed E-state index contributed by atoms with van der Waals surface area (Å²) in [5, 5.41) is 14.2. The van der Waals surface area contributed by atoms with Crippen LogP contribution in [0.3, 0.4) is 0 Å². The topological polar surface area (TPSA) is 35.2 Å². The van der Waals surface area contributed by atoms with Gasteiger partial charge >= 0.3 is 0 Å². The van der Waals surface area contributed by atoms with Crippen molar-refractivity contribution >= 4 is 79.0 Å². The van der Waals surface area contributed by atoms with Gasteiger partial charge in [-0.15, -0.1) is 0 Å². The summed E-state index contributed by atoms with van der Waals surface area (Å²) >= 11 is 0.